The molecule has 6 N–H and O–H groups in total. The van der Waals surface area contributed by atoms with Crippen LogP contribution in [0, 0.1) is 11.8 Å². The summed E-state index contributed by atoms with van der Waals surface area (Å²) in [4.78, 5) is 2.44. The number of hydrogen-bond donors (Lipinski definition) is 4. The molecule has 2 heterocycles. The van der Waals surface area contributed by atoms with Crippen LogP contribution in [-0.2, 0) is 0 Å². The predicted octanol–water partition coefficient (Wildman–Crippen LogP) is 3.47. The van der Waals surface area contributed by atoms with Gasteiger partial charge in [-0.25, -0.2) is 0 Å². The molecule has 0 aromatic rings. The highest BCUT2D eigenvalue weighted by Gasteiger charge is 2.40. The Bertz CT molecular complexity index is 474. The van der Waals surface area contributed by atoms with Crippen molar-refractivity contribution in [2.75, 3.05) is 20.1 Å². The van der Waals surface area contributed by atoms with E-state index >= 15 is 0 Å². The van der Waals surface area contributed by atoms with Gasteiger partial charge in [-0.15, -0.1) is 0 Å². The third-order valence-corrected chi connectivity index (χ3v) is 7.34. The van der Waals surface area contributed by atoms with Crippen LogP contribution < -0.4 is 22.1 Å². The Hall–Kier alpha value is -0.200. The van der Waals surface area contributed by atoms with E-state index < -0.39 is 0 Å². The van der Waals surface area contributed by atoms with E-state index in [9.17, 15) is 0 Å². The van der Waals surface area contributed by atoms with Gasteiger partial charge in [0.15, 0.2) is 0 Å². The van der Waals surface area contributed by atoms with Crippen LogP contribution in [0.3, 0.4) is 0 Å². The van der Waals surface area contributed by atoms with Gasteiger partial charge in [0.1, 0.15) is 0 Å². The smallest absolute Gasteiger partial charge is 0.0133 e. The Kier molecular flexibility index (Phi) is 8.12. The molecule has 0 saturated carbocycles. The fourth-order valence-electron chi connectivity index (χ4n) is 6.73. The molecule has 0 radical (unpaired) electrons. The number of nitrogens with one attached hydrogen (secondary N) is 2. The lowest BCUT2D eigenvalue weighted by Crippen LogP contribution is -2.60. The molecule has 2 atom stereocenters. The van der Waals surface area contributed by atoms with Crippen LogP contribution in [-0.4, -0.2) is 59.3 Å². The van der Waals surface area contributed by atoms with Gasteiger partial charge in [-0.1, -0.05) is 0 Å². The first-order valence-corrected chi connectivity index (χ1v) is 12.3. The second-order valence-electron chi connectivity index (χ2n) is 13.3. The summed E-state index contributed by atoms with van der Waals surface area (Å²) >= 11 is 0. The average molecular weight is 424 g/mol. The van der Waals surface area contributed by atoms with Gasteiger partial charge in [-0.2, -0.15) is 0 Å². The van der Waals surface area contributed by atoms with Crippen LogP contribution in [0.5, 0.6) is 0 Å². The van der Waals surface area contributed by atoms with E-state index in [0.717, 1.165) is 51.6 Å². The summed E-state index contributed by atoms with van der Waals surface area (Å²) < 4.78 is 0. The van der Waals surface area contributed by atoms with E-state index in [1.165, 1.54) is 0 Å². The summed E-state index contributed by atoms with van der Waals surface area (Å²) in [5, 5.41) is 7.55. The van der Waals surface area contributed by atoms with Crippen LogP contribution in [0.1, 0.15) is 93.9 Å². The van der Waals surface area contributed by atoms with Crippen molar-refractivity contribution in [3.8, 4) is 0 Å². The Morgan fingerprint density at radius 3 is 1.20 bits per heavy atom. The lowest BCUT2D eigenvalue weighted by molar-refractivity contribution is 0.104. The van der Waals surface area contributed by atoms with Gasteiger partial charge in [-0.05, 0) is 126 Å². The highest BCUT2D eigenvalue weighted by Crippen LogP contribution is 2.36. The molecule has 2 aliphatic heterocycles. The molecule has 0 aromatic carbocycles. The molecule has 2 unspecified atom stereocenters. The SMILES string of the molecule is CN(CCC(N)C1CC(C)(C)NC(C)(C)C1)CCC(N)C1CC(C)(C)NC(C)(C)C1. The molecule has 0 amide bonds. The van der Waals surface area contributed by atoms with Crippen molar-refractivity contribution in [2.24, 2.45) is 23.3 Å². The molecule has 2 rings (SSSR count). The molecular weight excluding hydrogens is 370 g/mol. The van der Waals surface area contributed by atoms with Gasteiger partial charge in [0.25, 0.3) is 0 Å². The number of nitrogens with two attached hydrogens (primary N) is 2. The van der Waals surface area contributed by atoms with Crippen molar-refractivity contribution in [3.63, 3.8) is 0 Å². The number of rotatable bonds is 8. The molecule has 178 valence electrons. The Labute approximate surface area is 187 Å². The van der Waals surface area contributed by atoms with Crippen LogP contribution in [0.4, 0.5) is 0 Å². The van der Waals surface area contributed by atoms with E-state index in [-0.39, 0.29) is 34.2 Å². The fourth-order valence-corrected chi connectivity index (χ4v) is 6.73. The lowest BCUT2D eigenvalue weighted by Gasteiger charge is -2.48. The topological polar surface area (TPSA) is 79.3 Å². The van der Waals surface area contributed by atoms with Crippen molar-refractivity contribution >= 4 is 0 Å². The third kappa shape index (κ3) is 8.05. The summed E-state index contributed by atoms with van der Waals surface area (Å²) in [5.74, 6) is 1.18. The molecule has 2 fully saturated rings. The minimum absolute atomic E-state index is 0.166. The number of hydrogen-bond acceptors (Lipinski definition) is 5. The fraction of sp³-hybridized carbons (Fsp3) is 1.00. The highest BCUT2D eigenvalue weighted by atomic mass is 15.1. The van der Waals surface area contributed by atoms with Crippen LogP contribution in [0.25, 0.3) is 0 Å². The zero-order valence-corrected chi connectivity index (χ0v) is 21.6. The first-order valence-electron chi connectivity index (χ1n) is 12.3. The molecule has 5 nitrogen and oxygen atoms in total. The van der Waals surface area contributed by atoms with Gasteiger partial charge in [-0.3, -0.25) is 0 Å². The molecule has 0 aliphatic carbocycles. The normalized spacial score (nSPS) is 28.4. The molecular formula is C25H53N5. The Morgan fingerprint density at radius 1 is 0.667 bits per heavy atom. The largest absolute Gasteiger partial charge is 0.327 e. The second-order valence-corrected chi connectivity index (χ2v) is 13.3. The van der Waals surface area contributed by atoms with E-state index in [2.05, 4.69) is 78.0 Å². The Morgan fingerprint density at radius 2 is 0.933 bits per heavy atom. The van der Waals surface area contributed by atoms with Crippen molar-refractivity contribution in [3.05, 3.63) is 0 Å². The average Bonchev–Trinajstić information content (AvgIpc) is 2.51. The van der Waals surface area contributed by atoms with Gasteiger partial charge in [0.2, 0.25) is 0 Å². The van der Waals surface area contributed by atoms with Crippen molar-refractivity contribution in [2.45, 2.75) is 128 Å². The van der Waals surface area contributed by atoms with E-state index in [1.807, 2.05) is 0 Å². The third-order valence-electron chi connectivity index (χ3n) is 7.34. The summed E-state index contributed by atoms with van der Waals surface area (Å²) in [6, 6.07) is 0.542. The van der Waals surface area contributed by atoms with Crippen LogP contribution in [0.2, 0.25) is 0 Å². The highest BCUT2D eigenvalue weighted by molar-refractivity contribution is 5.00. The van der Waals surface area contributed by atoms with E-state index in [0.29, 0.717) is 11.8 Å². The maximum Gasteiger partial charge on any atom is 0.0133 e. The zero-order valence-electron chi connectivity index (χ0n) is 21.6. The first kappa shape index (κ1) is 26.1. The standard InChI is InChI=1S/C25H53N5/c1-22(2)14-18(15-23(3,4)28-22)20(26)10-12-30(9)13-11-21(27)19-16-24(5,6)29-25(7,8)17-19/h18-21,28-29H,10-17,26-27H2,1-9H3. The maximum absolute atomic E-state index is 6.69. The van der Waals surface area contributed by atoms with Crippen LogP contribution >= 0.6 is 0 Å². The second kappa shape index (κ2) is 9.35. The van der Waals surface area contributed by atoms with Crippen molar-refractivity contribution in [1.82, 2.24) is 15.5 Å². The number of nitrogens with zero attached hydrogens (tertiary/aromatic N) is 1. The molecule has 30 heavy (non-hydrogen) atoms. The maximum atomic E-state index is 6.69. The predicted molar refractivity (Wildman–Crippen MR) is 131 cm³/mol. The summed E-state index contributed by atoms with van der Waals surface area (Å²) in [6.07, 6.45) is 6.77. The molecule has 5 heteroatoms. The molecule has 2 saturated heterocycles. The molecule has 2 aliphatic rings. The lowest BCUT2D eigenvalue weighted by atomic mass is 9.72. The van der Waals surface area contributed by atoms with Gasteiger partial charge in [0.05, 0.1) is 0 Å². The number of piperidine rings is 2. The summed E-state index contributed by atoms with van der Waals surface area (Å²) in [6.45, 7) is 20.6. The van der Waals surface area contributed by atoms with Crippen molar-refractivity contribution < 1.29 is 0 Å². The minimum atomic E-state index is 0.166. The molecule has 0 bridgehead atoms. The quantitative estimate of drug-likeness (QED) is 0.481. The molecule has 0 aromatic heterocycles. The van der Waals surface area contributed by atoms with E-state index in [1.54, 1.807) is 0 Å². The van der Waals surface area contributed by atoms with Gasteiger partial charge >= 0.3 is 0 Å². The van der Waals surface area contributed by atoms with Crippen LogP contribution in [0.15, 0.2) is 0 Å². The summed E-state index contributed by atoms with van der Waals surface area (Å²) in [5.41, 5.74) is 14.0. The zero-order chi connectivity index (χ0) is 23.0. The monoisotopic (exact) mass is 423 g/mol. The molecule has 0 spiro atoms. The Balaban J connectivity index is 1.77. The van der Waals surface area contributed by atoms with Crippen molar-refractivity contribution in [1.29, 1.82) is 0 Å². The summed E-state index contributed by atoms with van der Waals surface area (Å²) in [7, 11) is 2.23. The van der Waals surface area contributed by atoms with Gasteiger partial charge < -0.3 is 27.0 Å². The van der Waals surface area contributed by atoms with Gasteiger partial charge in [0, 0.05) is 34.2 Å². The minimum Gasteiger partial charge on any atom is -0.327 e. The van der Waals surface area contributed by atoms with E-state index in [4.69, 9.17) is 11.5 Å². The first-order chi connectivity index (χ1) is 13.5.